The predicted octanol–water partition coefficient (Wildman–Crippen LogP) is 6.52. The number of anilines is 1. The molecule has 0 bridgehead atoms. The van der Waals surface area contributed by atoms with Gasteiger partial charge in [0.1, 0.15) is 17.4 Å². The smallest absolute Gasteiger partial charge is 0.266 e. The number of nitrogens with zero attached hydrogens (tertiary/aromatic N) is 1. The van der Waals surface area contributed by atoms with E-state index in [-0.39, 0.29) is 5.57 Å². The van der Waals surface area contributed by atoms with E-state index in [1.165, 1.54) is 16.7 Å². The summed E-state index contributed by atoms with van der Waals surface area (Å²) >= 11 is 3.65. The number of benzene rings is 3. The van der Waals surface area contributed by atoms with Crippen LogP contribution in [0.2, 0.25) is 0 Å². The van der Waals surface area contributed by atoms with Gasteiger partial charge in [-0.2, -0.15) is 5.26 Å². The fourth-order valence-electron chi connectivity index (χ4n) is 3.68. The van der Waals surface area contributed by atoms with Gasteiger partial charge < -0.3 is 10.1 Å². The first-order valence-corrected chi connectivity index (χ1v) is 11.0. The van der Waals surface area contributed by atoms with Gasteiger partial charge in [0.05, 0.1) is 7.11 Å². The van der Waals surface area contributed by atoms with Crippen LogP contribution in [0.3, 0.4) is 0 Å². The number of halogens is 1. The molecule has 0 saturated heterocycles. The van der Waals surface area contributed by atoms with E-state index in [1.54, 1.807) is 19.3 Å². The molecular weight excluding hydrogens is 464 g/mol. The Labute approximate surface area is 197 Å². The van der Waals surface area contributed by atoms with E-state index in [9.17, 15) is 10.1 Å². The zero-order chi connectivity index (χ0) is 23.3. The molecule has 1 N–H and O–H groups in total. The van der Waals surface area contributed by atoms with Gasteiger partial charge in [-0.3, -0.25) is 4.79 Å². The van der Waals surface area contributed by atoms with Crippen LogP contribution in [0, 0.1) is 32.1 Å². The lowest BCUT2D eigenvalue weighted by atomic mass is 9.98. The van der Waals surface area contributed by atoms with Gasteiger partial charge in [0.15, 0.2) is 0 Å². The number of nitrogens with one attached hydrogen (secondary N) is 1. The number of hydrogen-bond acceptors (Lipinski definition) is 3. The topological polar surface area (TPSA) is 62.1 Å². The highest BCUT2D eigenvalue weighted by molar-refractivity contribution is 9.10. The van der Waals surface area contributed by atoms with Gasteiger partial charge in [-0.25, -0.2) is 0 Å². The van der Waals surface area contributed by atoms with Crippen LogP contribution >= 0.6 is 15.9 Å². The summed E-state index contributed by atoms with van der Waals surface area (Å²) in [5.74, 6) is 0.244. The lowest BCUT2D eigenvalue weighted by Crippen LogP contribution is -2.13. The summed E-state index contributed by atoms with van der Waals surface area (Å²) in [5, 5.41) is 12.3. The highest BCUT2D eigenvalue weighted by Crippen LogP contribution is 2.32. The molecule has 0 aliphatic heterocycles. The molecule has 0 aliphatic carbocycles. The molecule has 5 heteroatoms. The van der Waals surface area contributed by atoms with Gasteiger partial charge in [-0.15, -0.1) is 0 Å². The third-order valence-corrected chi connectivity index (χ3v) is 5.72. The zero-order valence-corrected chi connectivity index (χ0v) is 20.2. The Balaban J connectivity index is 1.90. The minimum atomic E-state index is -0.451. The van der Waals surface area contributed by atoms with Crippen molar-refractivity contribution in [1.29, 1.82) is 5.26 Å². The Hall–Kier alpha value is -3.36. The van der Waals surface area contributed by atoms with E-state index < -0.39 is 5.91 Å². The Bertz CT molecular complexity index is 1220. The second-order valence-electron chi connectivity index (χ2n) is 7.85. The summed E-state index contributed by atoms with van der Waals surface area (Å²) in [7, 11) is 1.62. The van der Waals surface area contributed by atoms with Crippen molar-refractivity contribution in [1.82, 2.24) is 0 Å². The Morgan fingerprint density at radius 2 is 1.78 bits per heavy atom. The van der Waals surface area contributed by atoms with Crippen LogP contribution in [-0.4, -0.2) is 13.0 Å². The molecule has 0 saturated carbocycles. The van der Waals surface area contributed by atoms with Gasteiger partial charge in [-0.05, 0) is 67.8 Å². The first kappa shape index (κ1) is 23.3. The lowest BCUT2D eigenvalue weighted by molar-refractivity contribution is -0.112. The first-order chi connectivity index (χ1) is 15.3. The molecule has 3 aromatic rings. The maximum absolute atomic E-state index is 12.6. The molecular formula is C27H25BrN2O2. The monoisotopic (exact) mass is 488 g/mol. The van der Waals surface area contributed by atoms with Crippen molar-refractivity contribution in [2.24, 2.45) is 0 Å². The van der Waals surface area contributed by atoms with Crippen molar-refractivity contribution in [3.63, 3.8) is 0 Å². The molecule has 0 heterocycles. The number of hydrogen-bond donors (Lipinski definition) is 1. The average molecular weight is 489 g/mol. The second-order valence-corrected chi connectivity index (χ2v) is 8.70. The molecule has 32 heavy (non-hydrogen) atoms. The molecule has 0 unspecified atom stereocenters. The van der Waals surface area contributed by atoms with E-state index in [0.29, 0.717) is 23.4 Å². The Kier molecular flexibility index (Phi) is 7.50. The fraction of sp³-hybridized carbons (Fsp3) is 0.185. The number of rotatable bonds is 6. The summed E-state index contributed by atoms with van der Waals surface area (Å²) in [6.07, 6.45) is 2.27. The Morgan fingerprint density at radius 1 is 1.06 bits per heavy atom. The number of amides is 1. The number of ether oxygens (including phenoxy) is 1. The van der Waals surface area contributed by atoms with Gasteiger partial charge in [0.25, 0.3) is 5.91 Å². The quantitative estimate of drug-likeness (QED) is 0.317. The molecule has 0 aliphatic rings. The van der Waals surface area contributed by atoms with Crippen molar-refractivity contribution in [2.45, 2.75) is 27.2 Å². The minimum Gasteiger partial charge on any atom is -0.496 e. The molecule has 0 spiro atoms. The Morgan fingerprint density at radius 3 is 2.41 bits per heavy atom. The van der Waals surface area contributed by atoms with Crippen LogP contribution in [0.1, 0.15) is 33.4 Å². The lowest BCUT2D eigenvalue weighted by Gasteiger charge is -2.13. The highest BCUT2D eigenvalue weighted by Gasteiger charge is 2.14. The highest BCUT2D eigenvalue weighted by atomic mass is 79.9. The van der Waals surface area contributed by atoms with Crippen molar-refractivity contribution in [2.75, 3.05) is 12.4 Å². The number of carbonyl (C=O) groups excluding carboxylic acids is 1. The molecule has 3 rings (SSSR count). The van der Waals surface area contributed by atoms with Crippen molar-refractivity contribution < 1.29 is 9.53 Å². The normalized spacial score (nSPS) is 11.1. The van der Waals surface area contributed by atoms with Crippen molar-refractivity contribution >= 4 is 33.6 Å². The summed E-state index contributed by atoms with van der Waals surface area (Å²) in [6, 6.07) is 19.7. The number of carbonyl (C=O) groups is 1. The van der Waals surface area contributed by atoms with Crippen LogP contribution in [0.5, 0.6) is 5.75 Å². The third kappa shape index (κ3) is 5.87. The molecule has 0 aromatic heterocycles. The maximum atomic E-state index is 12.6. The summed E-state index contributed by atoms with van der Waals surface area (Å²) in [6.45, 7) is 6.11. The van der Waals surface area contributed by atoms with Crippen LogP contribution in [0.4, 0.5) is 5.69 Å². The van der Waals surface area contributed by atoms with E-state index in [1.807, 2.05) is 43.3 Å². The van der Waals surface area contributed by atoms with Crippen LogP contribution in [-0.2, 0) is 11.2 Å². The molecule has 0 fully saturated rings. The van der Waals surface area contributed by atoms with Crippen LogP contribution in [0.15, 0.2) is 64.6 Å². The number of aryl methyl sites for hydroxylation is 3. The fourth-order valence-corrected chi connectivity index (χ4v) is 4.28. The minimum absolute atomic E-state index is 0.0162. The maximum Gasteiger partial charge on any atom is 0.266 e. The van der Waals surface area contributed by atoms with E-state index in [4.69, 9.17) is 4.74 Å². The van der Waals surface area contributed by atoms with Gasteiger partial charge in [0.2, 0.25) is 0 Å². The van der Waals surface area contributed by atoms with Gasteiger partial charge in [0, 0.05) is 22.1 Å². The molecule has 3 aromatic carbocycles. The SMILES string of the molecule is COc1cc(/C=C(\C#N)C(=O)Nc2cccc(C)c2)cc(Br)c1Cc1cc(C)cc(C)c1. The van der Waals surface area contributed by atoms with Gasteiger partial charge in [-0.1, -0.05) is 57.4 Å². The molecule has 4 nitrogen and oxygen atoms in total. The van der Waals surface area contributed by atoms with E-state index >= 15 is 0 Å². The second kappa shape index (κ2) is 10.3. The predicted molar refractivity (Wildman–Crippen MR) is 133 cm³/mol. The zero-order valence-electron chi connectivity index (χ0n) is 18.6. The largest absolute Gasteiger partial charge is 0.496 e. The summed E-state index contributed by atoms with van der Waals surface area (Å²) in [5.41, 5.74) is 7.03. The van der Waals surface area contributed by atoms with E-state index in [0.717, 1.165) is 15.6 Å². The van der Waals surface area contributed by atoms with Crippen LogP contribution in [0.25, 0.3) is 6.08 Å². The molecule has 0 radical (unpaired) electrons. The first-order valence-electron chi connectivity index (χ1n) is 10.2. The molecule has 162 valence electrons. The number of methoxy groups -OCH3 is 1. The number of nitriles is 1. The molecule has 0 atom stereocenters. The van der Waals surface area contributed by atoms with Crippen molar-refractivity contribution in [3.8, 4) is 11.8 Å². The average Bonchev–Trinajstić information content (AvgIpc) is 2.72. The van der Waals surface area contributed by atoms with E-state index in [2.05, 4.69) is 53.3 Å². The van der Waals surface area contributed by atoms with Crippen LogP contribution < -0.4 is 10.1 Å². The standard InChI is InChI=1S/C27H25BrN2O2/c1-17-6-5-7-23(11-17)30-27(31)22(16-29)12-21-14-25(28)24(26(15-21)32-4)13-20-9-18(2)8-19(3)10-20/h5-12,14-15H,13H2,1-4H3,(H,30,31)/b22-12+. The van der Waals surface area contributed by atoms with Crippen molar-refractivity contribution in [3.05, 3.63) is 98.0 Å². The summed E-state index contributed by atoms with van der Waals surface area (Å²) < 4.78 is 6.50. The third-order valence-electron chi connectivity index (χ3n) is 5.01. The van der Waals surface area contributed by atoms with Gasteiger partial charge >= 0.3 is 0 Å². The summed E-state index contributed by atoms with van der Waals surface area (Å²) in [4.78, 5) is 12.6. The molecule has 1 amide bonds.